The van der Waals surface area contributed by atoms with Crippen LogP contribution >= 0.6 is 0 Å². The SMILES string of the molecule is Cc1nn(C)cc1NCc1ccc(-n2cccn2)cc1. The third-order valence-electron chi connectivity index (χ3n) is 3.20. The standard InChI is InChI=1S/C15H17N5/c1-12-15(11-19(2)18-12)16-10-13-4-6-14(7-5-13)20-9-3-8-17-20/h3-9,11,16H,10H2,1-2H3. The molecule has 1 N–H and O–H groups in total. The molecular formula is C15H17N5. The molecule has 3 rings (SSSR count). The van der Waals surface area contributed by atoms with Gasteiger partial charge in [-0.05, 0) is 30.7 Å². The van der Waals surface area contributed by atoms with E-state index in [-0.39, 0.29) is 0 Å². The molecule has 0 saturated carbocycles. The number of hydrogen-bond donors (Lipinski definition) is 1. The molecule has 0 aliphatic rings. The van der Waals surface area contributed by atoms with Crippen molar-refractivity contribution in [1.29, 1.82) is 0 Å². The number of anilines is 1. The summed E-state index contributed by atoms with van der Waals surface area (Å²) < 4.78 is 3.67. The van der Waals surface area contributed by atoms with Gasteiger partial charge < -0.3 is 5.32 Å². The molecule has 0 unspecified atom stereocenters. The Labute approximate surface area is 117 Å². The number of hydrogen-bond acceptors (Lipinski definition) is 3. The lowest BCUT2D eigenvalue weighted by molar-refractivity contribution is 0.756. The summed E-state index contributed by atoms with van der Waals surface area (Å²) in [5, 5.41) is 11.9. The van der Waals surface area contributed by atoms with Crippen molar-refractivity contribution in [2.45, 2.75) is 13.5 Å². The number of nitrogens with zero attached hydrogens (tertiary/aromatic N) is 4. The average molecular weight is 267 g/mol. The Bertz CT molecular complexity index is 680. The molecule has 0 fully saturated rings. The predicted molar refractivity (Wildman–Crippen MR) is 78.8 cm³/mol. The van der Waals surface area contributed by atoms with Gasteiger partial charge in [0.15, 0.2) is 0 Å². The van der Waals surface area contributed by atoms with Gasteiger partial charge in [-0.25, -0.2) is 4.68 Å². The number of benzene rings is 1. The average Bonchev–Trinajstić information content (AvgIpc) is 3.07. The Hall–Kier alpha value is -2.56. The van der Waals surface area contributed by atoms with Crippen molar-refractivity contribution in [3.05, 3.63) is 60.2 Å². The van der Waals surface area contributed by atoms with E-state index in [4.69, 9.17) is 0 Å². The molecule has 0 amide bonds. The second-order valence-electron chi connectivity index (χ2n) is 4.77. The first-order valence-electron chi connectivity index (χ1n) is 6.55. The van der Waals surface area contributed by atoms with E-state index in [0.29, 0.717) is 0 Å². The van der Waals surface area contributed by atoms with Crippen LogP contribution < -0.4 is 5.32 Å². The molecule has 5 heteroatoms. The minimum atomic E-state index is 0.784. The van der Waals surface area contributed by atoms with Crippen LogP contribution in [-0.2, 0) is 13.6 Å². The summed E-state index contributed by atoms with van der Waals surface area (Å²) in [5.41, 5.74) is 4.38. The molecule has 5 nitrogen and oxygen atoms in total. The largest absolute Gasteiger partial charge is 0.378 e. The summed E-state index contributed by atoms with van der Waals surface area (Å²) in [6.07, 6.45) is 5.71. The molecule has 0 aliphatic carbocycles. The van der Waals surface area contributed by atoms with Gasteiger partial charge in [0.2, 0.25) is 0 Å². The smallest absolute Gasteiger partial charge is 0.0825 e. The second-order valence-corrected chi connectivity index (χ2v) is 4.77. The van der Waals surface area contributed by atoms with Crippen LogP contribution in [0.4, 0.5) is 5.69 Å². The highest BCUT2D eigenvalue weighted by molar-refractivity contribution is 5.46. The van der Waals surface area contributed by atoms with Crippen LogP contribution in [0.1, 0.15) is 11.3 Å². The Morgan fingerprint density at radius 2 is 2.00 bits per heavy atom. The maximum Gasteiger partial charge on any atom is 0.0825 e. The second kappa shape index (κ2) is 5.21. The topological polar surface area (TPSA) is 47.7 Å². The van der Waals surface area contributed by atoms with Gasteiger partial charge in [0.05, 0.1) is 17.1 Å². The molecule has 3 aromatic rings. The summed E-state index contributed by atoms with van der Waals surface area (Å²) >= 11 is 0. The van der Waals surface area contributed by atoms with E-state index in [1.54, 1.807) is 6.20 Å². The highest BCUT2D eigenvalue weighted by Crippen LogP contribution is 2.14. The van der Waals surface area contributed by atoms with Gasteiger partial charge in [-0.1, -0.05) is 12.1 Å². The molecule has 0 aliphatic heterocycles. The van der Waals surface area contributed by atoms with Crippen LogP contribution in [0.25, 0.3) is 5.69 Å². The lowest BCUT2D eigenvalue weighted by Crippen LogP contribution is -2.00. The summed E-state index contributed by atoms with van der Waals surface area (Å²) in [7, 11) is 1.93. The van der Waals surface area contributed by atoms with Crippen molar-refractivity contribution in [1.82, 2.24) is 19.6 Å². The number of rotatable bonds is 4. The third kappa shape index (κ3) is 2.56. The lowest BCUT2D eigenvalue weighted by Gasteiger charge is -2.06. The van der Waals surface area contributed by atoms with Crippen molar-refractivity contribution >= 4 is 5.69 Å². The zero-order chi connectivity index (χ0) is 13.9. The van der Waals surface area contributed by atoms with Crippen molar-refractivity contribution in [3.8, 4) is 5.69 Å². The van der Waals surface area contributed by atoms with Gasteiger partial charge in [0.25, 0.3) is 0 Å². The van der Waals surface area contributed by atoms with E-state index in [0.717, 1.165) is 23.6 Å². The highest BCUT2D eigenvalue weighted by atomic mass is 15.3. The van der Waals surface area contributed by atoms with Gasteiger partial charge in [0, 0.05) is 32.2 Å². The van der Waals surface area contributed by atoms with Crippen molar-refractivity contribution in [2.75, 3.05) is 5.32 Å². The normalized spacial score (nSPS) is 10.7. The summed E-state index contributed by atoms with van der Waals surface area (Å²) in [6.45, 7) is 2.79. The van der Waals surface area contributed by atoms with Crippen molar-refractivity contribution in [2.24, 2.45) is 7.05 Å². The Balaban J connectivity index is 1.68. The number of aryl methyl sites for hydroxylation is 2. The molecule has 2 heterocycles. The van der Waals surface area contributed by atoms with Gasteiger partial charge in [-0.3, -0.25) is 4.68 Å². The molecule has 0 saturated heterocycles. The first-order valence-corrected chi connectivity index (χ1v) is 6.55. The van der Waals surface area contributed by atoms with Crippen molar-refractivity contribution in [3.63, 3.8) is 0 Å². The van der Waals surface area contributed by atoms with Crippen LogP contribution in [0, 0.1) is 6.92 Å². The Morgan fingerprint density at radius 3 is 2.60 bits per heavy atom. The van der Waals surface area contributed by atoms with E-state index >= 15 is 0 Å². The summed E-state index contributed by atoms with van der Waals surface area (Å²) in [6, 6.07) is 10.3. The van der Waals surface area contributed by atoms with Crippen molar-refractivity contribution < 1.29 is 0 Å². The summed E-state index contributed by atoms with van der Waals surface area (Å²) in [4.78, 5) is 0. The molecule has 1 aromatic carbocycles. The fourth-order valence-corrected chi connectivity index (χ4v) is 2.16. The fourth-order valence-electron chi connectivity index (χ4n) is 2.16. The van der Waals surface area contributed by atoms with E-state index in [9.17, 15) is 0 Å². The van der Waals surface area contributed by atoms with Crippen LogP contribution in [0.5, 0.6) is 0 Å². The molecule has 0 atom stereocenters. The van der Waals surface area contributed by atoms with Crippen LogP contribution in [0.15, 0.2) is 48.9 Å². The predicted octanol–water partition coefficient (Wildman–Crippen LogP) is 2.53. The van der Waals surface area contributed by atoms with Crippen LogP contribution in [0.3, 0.4) is 0 Å². The van der Waals surface area contributed by atoms with E-state index in [1.807, 2.05) is 41.8 Å². The first kappa shape index (κ1) is 12.5. The minimum Gasteiger partial charge on any atom is -0.378 e. The van der Waals surface area contributed by atoms with Crippen LogP contribution in [0.2, 0.25) is 0 Å². The minimum absolute atomic E-state index is 0.784. The van der Waals surface area contributed by atoms with Crippen LogP contribution in [-0.4, -0.2) is 19.6 Å². The molecule has 0 radical (unpaired) electrons. The van der Waals surface area contributed by atoms with E-state index < -0.39 is 0 Å². The maximum absolute atomic E-state index is 4.31. The molecule has 2 aromatic heterocycles. The number of aromatic nitrogens is 4. The van der Waals surface area contributed by atoms with Gasteiger partial charge in [-0.2, -0.15) is 10.2 Å². The first-order chi connectivity index (χ1) is 9.72. The molecule has 0 spiro atoms. The third-order valence-corrected chi connectivity index (χ3v) is 3.20. The molecule has 0 bridgehead atoms. The number of nitrogens with one attached hydrogen (secondary N) is 1. The molecule has 20 heavy (non-hydrogen) atoms. The zero-order valence-electron chi connectivity index (χ0n) is 11.6. The maximum atomic E-state index is 4.31. The Kier molecular flexibility index (Phi) is 3.25. The molecule has 102 valence electrons. The quantitative estimate of drug-likeness (QED) is 0.790. The summed E-state index contributed by atoms with van der Waals surface area (Å²) in [5.74, 6) is 0. The van der Waals surface area contributed by atoms with E-state index in [1.165, 1.54) is 5.56 Å². The van der Waals surface area contributed by atoms with Gasteiger partial charge in [-0.15, -0.1) is 0 Å². The fraction of sp³-hybridized carbons (Fsp3) is 0.200. The molecular weight excluding hydrogens is 250 g/mol. The van der Waals surface area contributed by atoms with Gasteiger partial charge >= 0.3 is 0 Å². The Morgan fingerprint density at radius 1 is 1.20 bits per heavy atom. The zero-order valence-corrected chi connectivity index (χ0v) is 11.6. The lowest BCUT2D eigenvalue weighted by atomic mass is 10.2. The monoisotopic (exact) mass is 267 g/mol. The highest BCUT2D eigenvalue weighted by Gasteiger charge is 2.02. The van der Waals surface area contributed by atoms with Gasteiger partial charge in [0.1, 0.15) is 0 Å². The van der Waals surface area contributed by atoms with E-state index in [2.05, 4.69) is 39.8 Å².